The maximum atomic E-state index is 13.9. The Bertz CT molecular complexity index is 1430. The number of esters is 1. The molecule has 0 spiro atoms. The Kier molecular flexibility index (Phi) is 8.68. The number of nitrogens with zero attached hydrogens (tertiary/aromatic N) is 2. The van der Waals surface area contributed by atoms with Gasteiger partial charge in [-0.15, -0.1) is 0 Å². The van der Waals surface area contributed by atoms with Crippen molar-refractivity contribution >= 4 is 5.97 Å². The van der Waals surface area contributed by atoms with E-state index in [9.17, 15) is 14.7 Å². The zero-order valence-corrected chi connectivity index (χ0v) is 23.8. The molecule has 0 bridgehead atoms. The molecule has 1 atom stereocenters. The maximum Gasteiger partial charge on any atom is 0.347 e. The van der Waals surface area contributed by atoms with E-state index in [1.165, 1.54) is 18.8 Å². The first-order valence-electron chi connectivity index (χ1n) is 13.1. The van der Waals surface area contributed by atoms with Crippen LogP contribution in [-0.4, -0.2) is 61.8 Å². The van der Waals surface area contributed by atoms with E-state index in [2.05, 4.69) is 0 Å². The first kappa shape index (κ1) is 28.9. The van der Waals surface area contributed by atoms with Crippen LogP contribution in [0, 0.1) is 5.41 Å². The summed E-state index contributed by atoms with van der Waals surface area (Å²) in [4.78, 5) is 31.5. The summed E-state index contributed by atoms with van der Waals surface area (Å²) >= 11 is 0. The molecule has 0 amide bonds. The van der Waals surface area contributed by atoms with Gasteiger partial charge in [0.05, 0.1) is 39.7 Å². The summed E-state index contributed by atoms with van der Waals surface area (Å²) in [5, 5.41) is 11.6. The SMILES string of the molecule is COCCCOc1cc2c(nc1OC)-c1c(c(O)c(C(=O)OC)c(=O)n1Cc1ccccc1)C(C(C)(C)C)CO2. The predicted octanol–water partition coefficient (Wildman–Crippen LogP) is 4.40. The number of aromatic hydroxyl groups is 1. The molecule has 1 N–H and O–H groups in total. The van der Waals surface area contributed by atoms with Crippen LogP contribution < -0.4 is 19.8 Å². The molecule has 214 valence electrons. The molecule has 0 saturated carbocycles. The molecule has 1 aromatic carbocycles. The van der Waals surface area contributed by atoms with Crippen molar-refractivity contribution in [3.05, 3.63) is 63.4 Å². The van der Waals surface area contributed by atoms with Crippen molar-refractivity contribution in [3.63, 3.8) is 0 Å². The molecule has 1 aliphatic heterocycles. The lowest BCUT2D eigenvalue weighted by atomic mass is 9.75. The number of pyridine rings is 2. The Morgan fingerprint density at radius 3 is 2.50 bits per heavy atom. The third kappa shape index (κ3) is 5.62. The number of carbonyl (C=O) groups is 1. The quantitative estimate of drug-likeness (QED) is 0.304. The fraction of sp³-hybridized carbons (Fsp3) is 0.433. The Labute approximate surface area is 233 Å². The molecule has 1 aliphatic rings. The van der Waals surface area contributed by atoms with Gasteiger partial charge in [-0.05, 0) is 11.0 Å². The van der Waals surface area contributed by atoms with Crippen LogP contribution in [-0.2, 0) is 16.0 Å². The van der Waals surface area contributed by atoms with Crippen LogP contribution in [0.1, 0.15) is 54.6 Å². The van der Waals surface area contributed by atoms with Gasteiger partial charge in [-0.3, -0.25) is 4.79 Å². The summed E-state index contributed by atoms with van der Waals surface area (Å²) in [5.41, 5.74) is 0.259. The number of hydrogen-bond donors (Lipinski definition) is 1. The molecule has 1 unspecified atom stereocenters. The standard InChI is InChI=1S/C30H36N2O8/c1-30(2,3)19-17-40-20-15-21(39-14-10-13-36-4)27(37-5)31-24(20)25-22(19)26(33)23(29(35)38-6)28(34)32(25)16-18-11-8-7-9-12-18/h7-9,11-12,15,19,33H,10,13-14,16-17H2,1-6H3. The molecule has 40 heavy (non-hydrogen) atoms. The van der Waals surface area contributed by atoms with E-state index in [4.69, 9.17) is 28.7 Å². The molecule has 10 nitrogen and oxygen atoms in total. The average molecular weight is 553 g/mol. The average Bonchev–Trinajstić information content (AvgIpc) is 3.10. The van der Waals surface area contributed by atoms with Crippen LogP contribution in [0.3, 0.4) is 0 Å². The van der Waals surface area contributed by atoms with Crippen molar-refractivity contribution in [1.29, 1.82) is 0 Å². The highest BCUT2D eigenvalue weighted by Crippen LogP contribution is 2.50. The Morgan fingerprint density at radius 2 is 1.88 bits per heavy atom. The minimum Gasteiger partial charge on any atom is -0.506 e. The summed E-state index contributed by atoms with van der Waals surface area (Å²) in [6, 6.07) is 11.1. The van der Waals surface area contributed by atoms with Gasteiger partial charge in [0.2, 0.25) is 0 Å². The van der Waals surface area contributed by atoms with Gasteiger partial charge in [-0.25, -0.2) is 9.78 Å². The Balaban J connectivity index is 2.06. The highest BCUT2D eigenvalue weighted by Gasteiger charge is 2.40. The topological polar surface area (TPSA) is 118 Å². The largest absolute Gasteiger partial charge is 0.506 e. The molecule has 10 heteroatoms. The first-order chi connectivity index (χ1) is 19.1. The lowest BCUT2D eigenvalue weighted by Gasteiger charge is -2.32. The van der Waals surface area contributed by atoms with Gasteiger partial charge >= 0.3 is 5.97 Å². The number of benzene rings is 1. The van der Waals surface area contributed by atoms with Crippen LogP contribution in [0.15, 0.2) is 41.2 Å². The van der Waals surface area contributed by atoms with Crippen molar-refractivity contribution in [1.82, 2.24) is 9.55 Å². The van der Waals surface area contributed by atoms with Crippen molar-refractivity contribution in [2.24, 2.45) is 5.41 Å². The number of aromatic nitrogens is 2. The number of carbonyl (C=O) groups excluding carboxylic acids is 1. The third-order valence-corrected chi connectivity index (χ3v) is 6.94. The smallest absolute Gasteiger partial charge is 0.347 e. The molecule has 0 radical (unpaired) electrons. The van der Waals surface area contributed by atoms with Gasteiger partial charge < -0.3 is 33.4 Å². The van der Waals surface area contributed by atoms with E-state index in [1.807, 2.05) is 51.1 Å². The lowest BCUT2D eigenvalue weighted by molar-refractivity contribution is 0.0593. The Morgan fingerprint density at radius 1 is 1.15 bits per heavy atom. The fourth-order valence-electron chi connectivity index (χ4n) is 4.83. The highest BCUT2D eigenvalue weighted by atomic mass is 16.5. The normalized spacial score (nSPS) is 14.4. The van der Waals surface area contributed by atoms with E-state index in [1.54, 1.807) is 13.2 Å². The number of ether oxygens (including phenoxy) is 5. The van der Waals surface area contributed by atoms with E-state index in [-0.39, 0.29) is 19.0 Å². The van der Waals surface area contributed by atoms with Gasteiger partial charge in [0.15, 0.2) is 17.1 Å². The molecular formula is C30H36N2O8. The zero-order chi connectivity index (χ0) is 29.0. The molecule has 0 aliphatic carbocycles. The molecule has 4 rings (SSSR count). The molecule has 2 aromatic heterocycles. The first-order valence-corrected chi connectivity index (χ1v) is 13.1. The minimum absolute atomic E-state index is 0.113. The second-order valence-electron chi connectivity index (χ2n) is 10.6. The monoisotopic (exact) mass is 552 g/mol. The second kappa shape index (κ2) is 12.0. The fourth-order valence-corrected chi connectivity index (χ4v) is 4.83. The highest BCUT2D eigenvalue weighted by molar-refractivity contribution is 5.94. The summed E-state index contributed by atoms with van der Waals surface area (Å²) in [6.45, 7) is 7.18. The van der Waals surface area contributed by atoms with Crippen LogP contribution in [0.25, 0.3) is 11.4 Å². The van der Waals surface area contributed by atoms with E-state index in [0.717, 1.165) is 5.56 Å². The molecule has 0 saturated heterocycles. The molecular weight excluding hydrogens is 516 g/mol. The third-order valence-electron chi connectivity index (χ3n) is 6.94. The van der Waals surface area contributed by atoms with Gasteiger partial charge in [0.25, 0.3) is 11.4 Å². The second-order valence-corrected chi connectivity index (χ2v) is 10.6. The zero-order valence-electron chi connectivity index (χ0n) is 23.8. The van der Waals surface area contributed by atoms with Gasteiger partial charge in [0, 0.05) is 37.7 Å². The van der Waals surface area contributed by atoms with Crippen LogP contribution in [0.2, 0.25) is 0 Å². The van der Waals surface area contributed by atoms with Crippen molar-refractivity contribution < 1.29 is 33.6 Å². The van der Waals surface area contributed by atoms with Crippen molar-refractivity contribution in [2.75, 3.05) is 41.2 Å². The van der Waals surface area contributed by atoms with Crippen LogP contribution >= 0.6 is 0 Å². The molecule has 3 aromatic rings. The molecule has 3 heterocycles. The van der Waals surface area contributed by atoms with Crippen LogP contribution in [0.4, 0.5) is 0 Å². The summed E-state index contributed by atoms with van der Waals surface area (Å²) in [5.74, 6) is -0.860. The summed E-state index contributed by atoms with van der Waals surface area (Å²) in [6.07, 6.45) is 0.660. The number of fused-ring (bicyclic) bond motifs is 3. The summed E-state index contributed by atoms with van der Waals surface area (Å²) in [7, 11) is 4.27. The Hall–Kier alpha value is -4.05. The molecule has 0 fully saturated rings. The van der Waals surface area contributed by atoms with Gasteiger partial charge in [-0.1, -0.05) is 51.1 Å². The number of methoxy groups -OCH3 is 3. The maximum absolute atomic E-state index is 13.9. The minimum atomic E-state index is -0.921. The lowest BCUT2D eigenvalue weighted by Crippen LogP contribution is -2.33. The van der Waals surface area contributed by atoms with E-state index < -0.39 is 34.2 Å². The van der Waals surface area contributed by atoms with E-state index in [0.29, 0.717) is 48.1 Å². The number of rotatable bonds is 9. The summed E-state index contributed by atoms with van der Waals surface area (Å²) < 4.78 is 29.3. The van der Waals surface area contributed by atoms with E-state index >= 15 is 0 Å². The van der Waals surface area contributed by atoms with Crippen molar-refractivity contribution in [3.8, 4) is 34.5 Å². The van der Waals surface area contributed by atoms with Gasteiger partial charge in [0.1, 0.15) is 11.4 Å². The predicted molar refractivity (Wildman–Crippen MR) is 149 cm³/mol. The van der Waals surface area contributed by atoms with Crippen LogP contribution in [0.5, 0.6) is 23.1 Å². The number of hydrogen-bond acceptors (Lipinski definition) is 9. The van der Waals surface area contributed by atoms with Crippen molar-refractivity contribution in [2.45, 2.75) is 39.7 Å². The van der Waals surface area contributed by atoms with Gasteiger partial charge in [-0.2, -0.15) is 0 Å².